The molecule has 4 aromatic rings. The number of aromatic nitrogens is 3. The minimum Gasteiger partial charge on any atom is -0.335 e. The molecule has 6 nitrogen and oxygen atoms in total. The van der Waals surface area contributed by atoms with Gasteiger partial charge in [0, 0.05) is 22.3 Å². The highest BCUT2D eigenvalue weighted by atomic mass is 35.5. The molecule has 0 spiro atoms. The van der Waals surface area contributed by atoms with Crippen molar-refractivity contribution >= 4 is 56.4 Å². The van der Waals surface area contributed by atoms with Crippen molar-refractivity contribution < 1.29 is 4.79 Å². The molecule has 0 saturated heterocycles. The second-order valence-corrected chi connectivity index (χ2v) is 9.00. The highest BCUT2D eigenvalue weighted by molar-refractivity contribution is 7.99. The maximum Gasteiger partial charge on any atom is 0.237 e. The number of nitrogens with zero attached hydrogens (tertiary/aromatic N) is 4. The molecule has 2 N–H and O–H groups in total. The predicted octanol–water partition coefficient (Wildman–Crippen LogP) is 4.21. The van der Waals surface area contributed by atoms with Crippen molar-refractivity contribution in [2.75, 3.05) is 23.0 Å². The van der Waals surface area contributed by atoms with Gasteiger partial charge < -0.3 is 10.7 Å². The second kappa shape index (κ2) is 7.37. The first-order valence-corrected chi connectivity index (χ1v) is 11.2. The monoisotopic (exact) mass is 441 g/mol. The first-order chi connectivity index (χ1) is 14.1. The molecule has 0 aliphatic carbocycles. The fourth-order valence-electron chi connectivity index (χ4n) is 3.49. The van der Waals surface area contributed by atoms with Crippen molar-refractivity contribution in [2.24, 2.45) is 0 Å². The molecule has 146 valence electrons. The van der Waals surface area contributed by atoms with Gasteiger partial charge in [-0.25, -0.2) is 4.68 Å². The third-order valence-corrected chi connectivity index (χ3v) is 7.51. The van der Waals surface area contributed by atoms with Crippen molar-refractivity contribution in [2.45, 2.75) is 11.6 Å². The number of amides is 1. The van der Waals surface area contributed by atoms with Crippen molar-refractivity contribution in [3.8, 4) is 10.7 Å². The molecule has 0 saturated carbocycles. The number of hydrogen-bond donors (Lipinski definition) is 1. The molecule has 1 amide bonds. The number of para-hydroxylation sites is 1. The minimum atomic E-state index is 0.0318. The molecule has 5 rings (SSSR count). The number of rotatable bonds is 4. The summed E-state index contributed by atoms with van der Waals surface area (Å²) in [7, 11) is 0. The molecule has 29 heavy (non-hydrogen) atoms. The zero-order chi connectivity index (χ0) is 20.0. The third-order valence-electron chi connectivity index (χ3n) is 4.92. The lowest BCUT2D eigenvalue weighted by Gasteiger charge is -2.16. The lowest BCUT2D eigenvalue weighted by atomic mass is 10.2. The quantitative estimate of drug-likeness (QED) is 0.379. The molecule has 0 bridgehead atoms. The average molecular weight is 442 g/mol. The Morgan fingerprint density at radius 1 is 1.17 bits per heavy atom. The Hall–Kier alpha value is -2.55. The van der Waals surface area contributed by atoms with Crippen LogP contribution in [0.15, 0.2) is 53.7 Å². The van der Waals surface area contributed by atoms with Crippen LogP contribution in [-0.2, 0) is 11.2 Å². The molecule has 1 aliphatic heterocycles. The number of thioether (sulfide) groups is 1. The van der Waals surface area contributed by atoms with Crippen LogP contribution in [0.5, 0.6) is 0 Å². The Morgan fingerprint density at radius 2 is 1.97 bits per heavy atom. The van der Waals surface area contributed by atoms with Gasteiger partial charge in [0.2, 0.25) is 11.1 Å². The lowest BCUT2D eigenvalue weighted by molar-refractivity contribution is -0.116. The van der Waals surface area contributed by atoms with Gasteiger partial charge in [-0.05, 0) is 24.1 Å². The van der Waals surface area contributed by atoms with Gasteiger partial charge >= 0.3 is 0 Å². The molecular formula is C20H16ClN5OS2. The molecule has 0 atom stereocenters. The van der Waals surface area contributed by atoms with E-state index in [1.165, 1.54) is 33.3 Å². The van der Waals surface area contributed by atoms with E-state index in [1.54, 1.807) is 0 Å². The third kappa shape index (κ3) is 3.17. The van der Waals surface area contributed by atoms with Gasteiger partial charge in [-0.2, -0.15) is 0 Å². The molecule has 2 aromatic heterocycles. The second-order valence-electron chi connectivity index (χ2n) is 6.63. The molecule has 0 fully saturated rings. The van der Waals surface area contributed by atoms with E-state index in [9.17, 15) is 4.79 Å². The highest BCUT2D eigenvalue weighted by Crippen LogP contribution is 2.41. The number of halogens is 1. The number of hydrogen-bond acceptors (Lipinski definition) is 6. The van der Waals surface area contributed by atoms with Crippen molar-refractivity contribution in [3.05, 3.63) is 59.1 Å². The van der Waals surface area contributed by atoms with Gasteiger partial charge in [0.15, 0.2) is 5.82 Å². The maximum atomic E-state index is 12.7. The van der Waals surface area contributed by atoms with E-state index in [0.717, 1.165) is 27.1 Å². The van der Waals surface area contributed by atoms with Crippen LogP contribution in [0.2, 0.25) is 5.02 Å². The topological polar surface area (TPSA) is 77.0 Å². The van der Waals surface area contributed by atoms with Crippen LogP contribution in [0.4, 0.5) is 5.69 Å². The summed E-state index contributed by atoms with van der Waals surface area (Å²) >= 11 is 9.34. The number of carbonyl (C=O) groups excluding carboxylic acids is 1. The number of nitrogen functional groups attached to an aromatic ring is 1. The summed E-state index contributed by atoms with van der Waals surface area (Å²) in [5.74, 6) is 7.01. The van der Waals surface area contributed by atoms with E-state index < -0.39 is 0 Å². The van der Waals surface area contributed by atoms with Crippen LogP contribution >= 0.6 is 34.7 Å². The van der Waals surface area contributed by atoms with Gasteiger partial charge in [-0.3, -0.25) is 4.79 Å². The van der Waals surface area contributed by atoms with Gasteiger partial charge in [0.05, 0.1) is 15.7 Å². The fourth-order valence-corrected chi connectivity index (χ4v) is 5.72. The van der Waals surface area contributed by atoms with Gasteiger partial charge in [-0.15, -0.1) is 21.5 Å². The zero-order valence-electron chi connectivity index (χ0n) is 15.2. The Bertz CT molecular complexity index is 1230. The Labute approximate surface area is 180 Å². The van der Waals surface area contributed by atoms with E-state index in [4.69, 9.17) is 17.4 Å². The SMILES string of the molecule is Nn1c(SCC(=O)N2CCc3ccccc32)nnc1-c1sc2ccccc2c1Cl. The number of thiophene rings is 1. The summed E-state index contributed by atoms with van der Waals surface area (Å²) in [4.78, 5) is 15.3. The van der Waals surface area contributed by atoms with E-state index in [1.807, 2.05) is 47.4 Å². The van der Waals surface area contributed by atoms with Crippen LogP contribution < -0.4 is 10.7 Å². The number of anilines is 1. The zero-order valence-corrected chi connectivity index (χ0v) is 17.6. The summed E-state index contributed by atoms with van der Waals surface area (Å²) in [5, 5.41) is 10.5. The Morgan fingerprint density at radius 3 is 2.83 bits per heavy atom. The normalized spacial score (nSPS) is 13.2. The number of nitrogens with two attached hydrogens (primary N) is 1. The summed E-state index contributed by atoms with van der Waals surface area (Å²) in [6, 6.07) is 15.9. The number of carbonyl (C=O) groups is 1. The number of benzene rings is 2. The first-order valence-electron chi connectivity index (χ1n) is 9.02. The van der Waals surface area contributed by atoms with Crippen LogP contribution in [0.25, 0.3) is 20.8 Å². The van der Waals surface area contributed by atoms with Gasteiger partial charge in [0.1, 0.15) is 0 Å². The maximum absolute atomic E-state index is 12.7. The van der Waals surface area contributed by atoms with Gasteiger partial charge in [-0.1, -0.05) is 59.8 Å². The lowest BCUT2D eigenvalue weighted by Crippen LogP contribution is -2.30. The van der Waals surface area contributed by atoms with E-state index in [0.29, 0.717) is 22.5 Å². The summed E-state index contributed by atoms with van der Waals surface area (Å²) < 4.78 is 2.47. The average Bonchev–Trinajstić information content (AvgIpc) is 3.42. The molecule has 9 heteroatoms. The van der Waals surface area contributed by atoms with Gasteiger partial charge in [0.25, 0.3) is 0 Å². The standard InChI is InChI=1S/C20H16ClN5OS2/c21-17-13-6-2-4-8-15(13)29-18(17)19-23-24-20(26(19)22)28-11-16(27)25-10-9-12-5-1-3-7-14(12)25/h1-8H,9-11,22H2. The van der Waals surface area contributed by atoms with E-state index >= 15 is 0 Å². The summed E-state index contributed by atoms with van der Waals surface area (Å²) in [5.41, 5.74) is 2.19. The van der Waals surface area contributed by atoms with Crippen molar-refractivity contribution in [1.82, 2.24) is 14.9 Å². The fraction of sp³-hybridized carbons (Fsp3) is 0.150. The van der Waals surface area contributed by atoms with Crippen LogP contribution in [-0.4, -0.2) is 33.1 Å². The molecule has 3 heterocycles. The molecule has 1 aliphatic rings. The van der Waals surface area contributed by atoms with E-state index in [2.05, 4.69) is 16.3 Å². The van der Waals surface area contributed by atoms with Crippen molar-refractivity contribution in [3.63, 3.8) is 0 Å². The number of fused-ring (bicyclic) bond motifs is 2. The van der Waals surface area contributed by atoms with Crippen LogP contribution in [0, 0.1) is 0 Å². The first kappa shape index (κ1) is 18.5. The molecule has 2 aromatic carbocycles. The van der Waals surface area contributed by atoms with Crippen LogP contribution in [0.3, 0.4) is 0 Å². The highest BCUT2D eigenvalue weighted by Gasteiger charge is 2.25. The minimum absolute atomic E-state index is 0.0318. The van der Waals surface area contributed by atoms with E-state index in [-0.39, 0.29) is 11.7 Å². The largest absolute Gasteiger partial charge is 0.335 e. The Balaban J connectivity index is 1.35. The molecule has 0 unspecified atom stereocenters. The Kier molecular flexibility index (Phi) is 4.69. The summed E-state index contributed by atoms with van der Waals surface area (Å²) in [6.45, 7) is 0.705. The van der Waals surface area contributed by atoms with Crippen molar-refractivity contribution in [1.29, 1.82) is 0 Å². The smallest absolute Gasteiger partial charge is 0.237 e. The summed E-state index contributed by atoms with van der Waals surface area (Å²) in [6.07, 6.45) is 0.883. The van der Waals surface area contributed by atoms with Crippen LogP contribution in [0.1, 0.15) is 5.56 Å². The molecule has 0 radical (unpaired) electrons. The predicted molar refractivity (Wildman–Crippen MR) is 119 cm³/mol. The molecular weight excluding hydrogens is 426 g/mol.